The lowest BCUT2D eigenvalue weighted by atomic mass is 10.1. The van der Waals surface area contributed by atoms with Gasteiger partial charge in [-0.3, -0.25) is 14.7 Å². The van der Waals surface area contributed by atoms with Crippen LogP contribution in [0.4, 0.5) is 4.39 Å². The van der Waals surface area contributed by atoms with Gasteiger partial charge in [0, 0.05) is 31.4 Å². The summed E-state index contributed by atoms with van der Waals surface area (Å²) in [5.41, 5.74) is 0.263. The summed E-state index contributed by atoms with van der Waals surface area (Å²) in [5.74, 6) is -0.764. The molecule has 2 aliphatic heterocycles. The fourth-order valence-electron chi connectivity index (χ4n) is 2.95. The van der Waals surface area contributed by atoms with E-state index in [4.69, 9.17) is 4.74 Å². The number of pyridine rings is 1. The highest BCUT2D eigenvalue weighted by atomic mass is 19.1. The molecule has 0 saturated carbocycles. The van der Waals surface area contributed by atoms with Crippen molar-refractivity contribution in [3.8, 4) is 0 Å². The van der Waals surface area contributed by atoms with Crippen LogP contribution in [0.5, 0.6) is 0 Å². The van der Waals surface area contributed by atoms with E-state index < -0.39 is 5.82 Å². The molecule has 3 rings (SSSR count). The minimum Gasteiger partial charge on any atom is -0.376 e. The number of rotatable bonds is 2. The van der Waals surface area contributed by atoms with Gasteiger partial charge in [-0.25, -0.2) is 4.39 Å². The molecule has 2 fully saturated rings. The molecule has 2 aliphatic rings. The minimum absolute atomic E-state index is 0.0877. The molecule has 0 spiro atoms. The van der Waals surface area contributed by atoms with E-state index in [9.17, 15) is 9.18 Å². The van der Waals surface area contributed by atoms with Gasteiger partial charge in [0.15, 0.2) is 0 Å². The van der Waals surface area contributed by atoms with Crippen molar-refractivity contribution in [1.82, 2.24) is 15.2 Å². The summed E-state index contributed by atoms with van der Waals surface area (Å²) < 4.78 is 18.7. The van der Waals surface area contributed by atoms with E-state index in [0.717, 1.165) is 32.3 Å². The third kappa shape index (κ3) is 2.81. The number of ether oxygens (including phenoxy) is 1. The lowest BCUT2D eigenvalue weighted by molar-refractivity contribution is -0.0390. The Morgan fingerprint density at radius 1 is 1.50 bits per heavy atom. The molecule has 0 bridgehead atoms. The predicted molar refractivity (Wildman–Crippen MR) is 70.8 cm³/mol. The number of fused-ring (bicyclic) bond motifs is 1. The first-order valence-electron chi connectivity index (χ1n) is 6.89. The second-order valence-corrected chi connectivity index (χ2v) is 5.55. The van der Waals surface area contributed by atoms with Gasteiger partial charge in [0.25, 0.3) is 5.91 Å². The van der Waals surface area contributed by atoms with Crippen LogP contribution in [0.3, 0.4) is 0 Å². The number of morpholine rings is 1. The first kappa shape index (κ1) is 13.5. The molecular formula is C14H18FN3O2. The Labute approximate surface area is 117 Å². The zero-order valence-electron chi connectivity index (χ0n) is 11.4. The summed E-state index contributed by atoms with van der Waals surface area (Å²) in [7, 11) is 0. The van der Waals surface area contributed by atoms with E-state index in [1.165, 1.54) is 12.3 Å². The van der Waals surface area contributed by atoms with Crippen molar-refractivity contribution in [2.45, 2.75) is 31.5 Å². The van der Waals surface area contributed by atoms with Gasteiger partial charge in [-0.1, -0.05) is 0 Å². The Balaban J connectivity index is 1.60. The number of carbonyl (C=O) groups excluding carboxylic acids is 1. The molecule has 0 aliphatic carbocycles. The number of halogens is 1. The van der Waals surface area contributed by atoms with Gasteiger partial charge in [-0.05, 0) is 19.4 Å². The maximum atomic E-state index is 13.1. The summed E-state index contributed by atoms with van der Waals surface area (Å²) in [5, 5.41) is 2.95. The number of amides is 1. The van der Waals surface area contributed by atoms with E-state index in [-0.39, 0.29) is 23.6 Å². The van der Waals surface area contributed by atoms with E-state index in [1.807, 2.05) is 0 Å². The first-order chi connectivity index (χ1) is 9.61. The summed E-state index contributed by atoms with van der Waals surface area (Å²) >= 11 is 0. The SMILES string of the molecule is C[C@H]1CN2C[C@@H](NC(=O)c3cncc(F)c3)C[C@H]2CO1. The standard InChI is InChI=1S/C14H18FN3O2/c1-9-6-18-7-12(3-13(18)8-20-9)17-14(19)10-2-11(15)5-16-4-10/h2,4-5,9,12-13H,3,6-8H2,1H3,(H,17,19)/t9-,12-,13-/m0/s1. The van der Waals surface area contributed by atoms with E-state index in [2.05, 4.69) is 22.1 Å². The number of aromatic nitrogens is 1. The summed E-state index contributed by atoms with van der Waals surface area (Å²) in [6.07, 6.45) is 3.59. The summed E-state index contributed by atoms with van der Waals surface area (Å²) in [6, 6.07) is 1.67. The summed E-state index contributed by atoms with van der Waals surface area (Å²) in [6.45, 7) is 4.50. The molecule has 2 saturated heterocycles. The van der Waals surface area contributed by atoms with E-state index in [0.29, 0.717) is 6.04 Å². The van der Waals surface area contributed by atoms with Crippen molar-refractivity contribution in [1.29, 1.82) is 0 Å². The van der Waals surface area contributed by atoms with Crippen LogP contribution in [0.15, 0.2) is 18.5 Å². The van der Waals surface area contributed by atoms with Crippen LogP contribution in [-0.2, 0) is 4.74 Å². The maximum Gasteiger partial charge on any atom is 0.253 e. The molecule has 1 amide bonds. The third-order valence-electron chi connectivity index (χ3n) is 3.89. The molecule has 0 aromatic carbocycles. The van der Waals surface area contributed by atoms with E-state index >= 15 is 0 Å². The normalized spacial score (nSPS) is 30.0. The van der Waals surface area contributed by atoms with Crippen LogP contribution in [0.25, 0.3) is 0 Å². The van der Waals surface area contributed by atoms with Gasteiger partial charge in [0.05, 0.1) is 24.5 Å². The van der Waals surface area contributed by atoms with Crippen molar-refractivity contribution in [3.05, 3.63) is 29.8 Å². The molecule has 5 nitrogen and oxygen atoms in total. The van der Waals surface area contributed by atoms with Gasteiger partial charge in [0.1, 0.15) is 5.82 Å². The average Bonchev–Trinajstić information content (AvgIpc) is 2.80. The van der Waals surface area contributed by atoms with Crippen LogP contribution in [0.1, 0.15) is 23.7 Å². The fraction of sp³-hybridized carbons (Fsp3) is 0.571. The van der Waals surface area contributed by atoms with Gasteiger partial charge >= 0.3 is 0 Å². The van der Waals surface area contributed by atoms with Crippen molar-refractivity contribution >= 4 is 5.91 Å². The van der Waals surface area contributed by atoms with Crippen molar-refractivity contribution in [2.24, 2.45) is 0 Å². The summed E-state index contributed by atoms with van der Waals surface area (Å²) in [4.78, 5) is 18.1. The average molecular weight is 279 g/mol. The monoisotopic (exact) mass is 279 g/mol. The van der Waals surface area contributed by atoms with Crippen LogP contribution in [0, 0.1) is 5.82 Å². The fourth-order valence-corrected chi connectivity index (χ4v) is 2.95. The number of nitrogens with one attached hydrogen (secondary N) is 1. The van der Waals surface area contributed by atoms with Crippen LogP contribution < -0.4 is 5.32 Å². The van der Waals surface area contributed by atoms with Crippen molar-refractivity contribution in [3.63, 3.8) is 0 Å². The largest absolute Gasteiger partial charge is 0.376 e. The van der Waals surface area contributed by atoms with Gasteiger partial charge in [-0.15, -0.1) is 0 Å². The highest BCUT2D eigenvalue weighted by Gasteiger charge is 2.36. The lowest BCUT2D eigenvalue weighted by Crippen LogP contribution is -2.45. The quantitative estimate of drug-likeness (QED) is 0.870. The van der Waals surface area contributed by atoms with E-state index in [1.54, 1.807) is 0 Å². The second-order valence-electron chi connectivity index (χ2n) is 5.55. The topological polar surface area (TPSA) is 54.5 Å². The maximum absolute atomic E-state index is 13.1. The lowest BCUT2D eigenvalue weighted by Gasteiger charge is -2.33. The first-order valence-corrected chi connectivity index (χ1v) is 6.89. The molecule has 108 valence electrons. The van der Waals surface area contributed by atoms with Gasteiger partial charge in [0.2, 0.25) is 0 Å². The molecule has 1 aromatic heterocycles. The Morgan fingerprint density at radius 3 is 3.15 bits per heavy atom. The molecule has 1 aromatic rings. The molecule has 20 heavy (non-hydrogen) atoms. The van der Waals surface area contributed by atoms with Crippen LogP contribution in [-0.4, -0.2) is 53.7 Å². The molecule has 3 heterocycles. The molecular weight excluding hydrogens is 261 g/mol. The number of hydrogen-bond acceptors (Lipinski definition) is 4. The molecule has 1 N–H and O–H groups in total. The molecule has 0 radical (unpaired) electrons. The zero-order chi connectivity index (χ0) is 14.1. The van der Waals surface area contributed by atoms with Gasteiger partial charge < -0.3 is 10.1 Å². The number of carbonyl (C=O) groups is 1. The molecule has 3 atom stereocenters. The van der Waals surface area contributed by atoms with Gasteiger partial charge in [-0.2, -0.15) is 0 Å². The Hall–Kier alpha value is -1.53. The van der Waals surface area contributed by atoms with Crippen LogP contribution >= 0.6 is 0 Å². The zero-order valence-corrected chi connectivity index (χ0v) is 11.4. The Bertz CT molecular complexity index is 511. The second kappa shape index (κ2) is 5.46. The number of hydrogen-bond donors (Lipinski definition) is 1. The molecule has 0 unspecified atom stereocenters. The third-order valence-corrected chi connectivity index (χ3v) is 3.89. The Morgan fingerprint density at radius 2 is 2.35 bits per heavy atom. The number of nitrogens with zero attached hydrogens (tertiary/aromatic N) is 2. The Kier molecular flexibility index (Phi) is 3.67. The van der Waals surface area contributed by atoms with Crippen molar-refractivity contribution in [2.75, 3.05) is 19.7 Å². The smallest absolute Gasteiger partial charge is 0.253 e. The minimum atomic E-state index is -0.497. The van der Waals surface area contributed by atoms with Crippen LogP contribution in [0.2, 0.25) is 0 Å². The highest BCUT2D eigenvalue weighted by Crippen LogP contribution is 2.23. The van der Waals surface area contributed by atoms with Crippen molar-refractivity contribution < 1.29 is 13.9 Å². The molecule has 6 heteroatoms. The highest BCUT2D eigenvalue weighted by molar-refractivity contribution is 5.94. The predicted octanol–water partition coefficient (Wildman–Crippen LogP) is 0.812.